The highest BCUT2D eigenvalue weighted by atomic mass is 32.2. The first-order valence-corrected chi connectivity index (χ1v) is 12.7. The fourth-order valence-corrected chi connectivity index (χ4v) is 4.99. The standard InChI is InChI=1S/C27H32N2O4S/c1-17(2)23-16-24(19(4)14-26(23)33-6)20(5)28-27(30)21-13-12-18(3)25(15-21)29-34(31,32)22-10-8-7-9-11-22/h7-17,20,29H,1-6H3,(H,28,30)/t20-/m0/s1. The van der Waals surface area contributed by atoms with E-state index in [4.69, 9.17) is 4.74 Å². The van der Waals surface area contributed by atoms with Crippen molar-refractivity contribution >= 4 is 21.6 Å². The molecule has 6 nitrogen and oxygen atoms in total. The molecule has 0 aliphatic carbocycles. The van der Waals surface area contributed by atoms with Gasteiger partial charge < -0.3 is 10.1 Å². The maximum absolute atomic E-state index is 13.1. The van der Waals surface area contributed by atoms with Crippen molar-refractivity contribution in [2.24, 2.45) is 0 Å². The fourth-order valence-electron chi connectivity index (χ4n) is 3.84. The monoisotopic (exact) mass is 480 g/mol. The Kier molecular flexibility index (Phi) is 7.67. The van der Waals surface area contributed by atoms with Gasteiger partial charge in [0.2, 0.25) is 0 Å². The number of rotatable bonds is 8. The van der Waals surface area contributed by atoms with E-state index in [1.807, 2.05) is 19.9 Å². The number of hydrogen-bond acceptors (Lipinski definition) is 4. The molecule has 0 bridgehead atoms. The zero-order chi connectivity index (χ0) is 25.0. The van der Waals surface area contributed by atoms with Gasteiger partial charge in [-0.25, -0.2) is 8.42 Å². The summed E-state index contributed by atoms with van der Waals surface area (Å²) in [6, 6.07) is 17.0. The van der Waals surface area contributed by atoms with E-state index in [2.05, 4.69) is 30.0 Å². The first-order valence-electron chi connectivity index (χ1n) is 11.2. The van der Waals surface area contributed by atoms with Crippen LogP contribution in [0.1, 0.15) is 65.3 Å². The van der Waals surface area contributed by atoms with Crippen molar-refractivity contribution < 1.29 is 17.9 Å². The minimum atomic E-state index is -3.76. The number of benzene rings is 3. The number of carbonyl (C=O) groups excluding carboxylic acids is 1. The number of carbonyl (C=O) groups is 1. The van der Waals surface area contributed by atoms with Gasteiger partial charge in [-0.15, -0.1) is 0 Å². The van der Waals surface area contributed by atoms with Crippen LogP contribution >= 0.6 is 0 Å². The molecular weight excluding hydrogens is 448 g/mol. The van der Waals surface area contributed by atoms with Crippen LogP contribution in [0.25, 0.3) is 0 Å². The normalized spacial score (nSPS) is 12.3. The maximum atomic E-state index is 13.1. The van der Waals surface area contributed by atoms with Gasteiger partial charge in [-0.3, -0.25) is 9.52 Å². The topological polar surface area (TPSA) is 84.5 Å². The molecule has 0 aromatic heterocycles. The Labute approximate surface area is 202 Å². The molecule has 0 saturated carbocycles. The molecule has 0 unspecified atom stereocenters. The lowest BCUT2D eigenvalue weighted by atomic mass is 9.93. The van der Waals surface area contributed by atoms with Crippen LogP contribution in [0.5, 0.6) is 5.75 Å². The summed E-state index contributed by atoms with van der Waals surface area (Å²) in [6.45, 7) is 9.92. The molecule has 3 aromatic rings. The Morgan fingerprint density at radius 3 is 2.18 bits per heavy atom. The van der Waals surface area contributed by atoms with Gasteiger partial charge in [-0.05, 0) is 85.3 Å². The van der Waals surface area contributed by atoms with E-state index in [1.54, 1.807) is 50.4 Å². The van der Waals surface area contributed by atoms with E-state index < -0.39 is 10.0 Å². The van der Waals surface area contributed by atoms with Gasteiger partial charge in [-0.2, -0.15) is 0 Å². The number of ether oxygens (including phenoxy) is 1. The lowest BCUT2D eigenvalue weighted by molar-refractivity contribution is 0.0940. The molecule has 3 aromatic carbocycles. The van der Waals surface area contributed by atoms with Crippen molar-refractivity contribution in [3.8, 4) is 5.75 Å². The van der Waals surface area contributed by atoms with Crippen molar-refractivity contribution in [1.29, 1.82) is 0 Å². The Bertz CT molecular complexity index is 1290. The zero-order valence-electron chi connectivity index (χ0n) is 20.5. The number of amides is 1. The first kappa shape index (κ1) is 25.3. The second kappa shape index (κ2) is 10.3. The highest BCUT2D eigenvalue weighted by Gasteiger charge is 2.19. The Morgan fingerprint density at radius 2 is 1.56 bits per heavy atom. The predicted octanol–water partition coefficient (Wildman–Crippen LogP) is 5.73. The molecule has 7 heteroatoms. The number of methoxy groups -OCH3 is 1. The Morgan fingerprint density at radius 1 is 0.882 bits per heavy atom. The van der Waals surface area contributed by atoms with Gasteiger partial charge in [0, 0.05) is 5.56 Å². The van der Waals surface area contributed by atoms with Gasteiger partial charge in [0.25, 0.3) is 15.9 Å². The smallest absolute Gasteiger partial charge is 0.261 e. The van der Waals surface area contributed by atoms with E-state index in [0.717, 1.165) is 28.0 Å². The van der Waals surface area contributed by atoms with Gasteiger partial charge in [0.1, 0.15) is 5.75 Å². The van der Waals surface area contributed by atoms with Crippen LogP contribution in [0.15, 0.2) is 65.6 Å². The van der Waals surface area contributed by atoms with Gasteiger partial charge in [0.05, 0.1) is 23.7 Å². The molecule has 0 radical (unpaired) electrons. The van der Waals surface area contributed by atoms with Crippen molar-refractivity contribution in [1.82, 2.24) is 5.32 Å². The third-order valence-electron chi connectivity index (χ3n) is 5.85. The number of sulfonamides is 1. The molecule has 0 spiro atoms. The van der Waals surface area contributed by atoms with E-state index in [-0.39, 0.29) is 22.8 Å². The summed E-state index contributed by atoms with van der Waals surface area (Å²) in [7, 11) is -2.10. The SMILES string of the molecule is COc1cc(C)c([C@H](C)NC(=O)c2ccc(C)c(NS(=O)(=O)c3ccccc3)c2)cc1C(C)C. The third kappa shape index (κ3) is 5.59. The molecule has 1 atom stereocenters. The van der Waals surface area contributed by atoms with Crippen LogP contribution in [0, 0.1) is 13.8 Å². The van der Waals surface area contributed by atoms with Crippen LogP contribution < -0.4 is 14.8 Å². The quantitative estimate of drug-likeness (QED) is 0.431. The van der Waals surface area contributed by atoms with E-state index in [9.17, 15) is 13.2 Å². The third-order valence-corrected chi connectivity index (χ3v) is 7.23. The molecule has 0 heterocycles. The van der Waals surface area contributed by atoms with Crippen molar-refractivity contribution in [2.75, 3.05) is 11.8 Å². The molecule has 1 amide bonds. The van der Waals surface area contributed by atoms with Crippen molar-refractivity contribution in [2.45, 2.75) is 51.5 Å². The number of hydrogen-bond donors (Lipinski definition) is 2. The molecule has 2 N–H and O–H groups in total. The minimum Gasteiger partial charge on any atom is -0.496 e. The van der Waals surface area contributed by atoms with E-state index >= 15 is 0 Å². The van der Waals surface area contributed by atoms with Crippen molar-refractivity contribution in [3.63, 3.8) is 0 Å². The second-order valence-electron chi connectivity index (χ2n) is 8.75. The van der Waals surface area contributed by atoms with Crippen LogP contribution in [-0.4, -0.2) is 21.4 Å². The average Bonchev–Trinajstić information content (AvgIpc) is 2.80. The summed E-state index contributed by atoms with van der Waals surface area (Å²) in [5, 5.41) is 3.04. The molecule has 0 aliphatic rings. The number of anilines is 1. The number of aryl methyl sites for hydroxylation is 2. The maximum Gasteiger partial charge on any atom is 0.261 e. The van der Waals surface area contributed by atoms with Gasteiger partial charge in [-0.1, -0.05) is 38.1 Å². The zero-order valence-corrected chi connectivity index (χ0v) is 21.3. The second-order valence-corrected chi connectivity index (χ2v) is 10.4. The van der Waals surface area contributed by atoms with Crippen LogP contribution in [0.2, 0.25) is 0 Å². The summed E-state index contributed by atoms with van der Waals surface area (Å²) in [6.07, 6.45) is 0. The van der Waals surface area contributed by atoms with Gasteiger partial charge in [0.15, 0.2) is 0 Å². The first-order chi connectivity index (χ1) is 16.0. The fraction of sp³-hybridized carbons (Fsp3) is 0.296. The summed E-state index contributed by atoms with van der Waals surface area (Å²) in [4.78, 5) is 13.2. The Balaban J connectivity index is 1.84. The van der Waals surface area contributed by atoms with E-state index in [1.165, 1.54) is 12.1 Å². The molecule has 0 fully saturated rings. The molecule has 0 aliphatic heterocycles. The largest absolute Gasteiger partial charge is 0.496 e. The number of nitrogens with one attached hydrogen (secondary N) is 2. The predicted molar refractivity (Wildman–Crippen MR) is 136 cm³/mol. The highest BCUT2D eigenvalue weighted by molar-refractivity contribution is 7.92. The van der Waals surface area contributed by atoms with Crippen molar-refractivity contribution in [3.05, 3.63) is 88.5 Å². The average molecular weight is 481 g/mol. The van der Waals surface area contributed by atoms with Crippen LogP contribution in [0.3, 0.4) is 0 Å². The summed E-state index contributed by atoms with van der Waals surface area (Å²) >= 11 is 0. The van der Waals surface area contributed by atoms with Gasteiger partial charge >= 0.3 is 0 Å². The molecule has 34 heavy (non-hydrogen) atoms. The lowest BCUT2D eigenvalue weighted by Gasteiger charge is -2.21. The molecule has 0 saturated heterocycles. The van der Waals surface area contributed by atoms with Crippen LogP contribution in [-0.2, 0) is 10.0 Å². The Hall–Kier alpha value is -3.32. The lowest BCUT2D eigenvalue weighted by Crippen LogP contribution is -2.27. The summed E-state index contributed by atoms with van der Waals surface area (Å²) in [5.74, 6) is 0.826. The summed E-state index contributed by atoms with van der Waals surface area (Å²) in [5.41, 5.74) is 4.57. The summed E-state index contributed by atoms with van der Waals surface area (Å²) < 4.78 is 33.6. The van der Waals surface area contributed by atoms with Crippen LogP contribution in [0.4, 0.5) is 5.69 Å². The van der Waals surface area contributed by atoms with E-state index in [0.29, 0.717) is 11.3 Å². The minimum absolute atomic E-state index is 0.161. The highest BCUT2D eigenvalue weighted by Crippen LogP contribution is 2.32. The molecule has 180 valence electrons. The molecule has 3 rings (SSSR count). The molecular formula is C27H32N2O4S.